The maximum absolute atomic E-state index is 11.9. The summed E-state index contributed by atoms with van der Waals surface area (Å²) in [4.78, 5) is 0. The first-order valence-corrected chi connectivity index (χ1v) is 19.3. The Labute approximate surface area is 306 Å². The van der Waals surface area contributed by atoms with Crippen LogP contribution in [0.5, 0.6) is 0 Å². The second-order valence-electron chi connectivity index (χ2n) is 13.0. The van der Waals surface area contributed by atoms with Gasteiger partial charge in [-0.1, -0.05) is 124 Å². The first kappa shape index (κ1) is 45.9. The van der Waals surface area contributed by atoms with Crippen LogP contribution in [-0.2, 0) is 29.3 Å². The van der Waals surface area contributed by atoms with Gasteiger partial charge in [0.05, 0.1) is 0 Å². The van der Waals surface area contributed by atoms with Gasteiger partial charge < -0.3 is 15.7 Å². The van der Waals surface area contributed by atoms with Crippen LogP contribution in [0.25, 0.3) is 16.9 Å². The number of aliphatic hydroxyl groups is 2. The molecule has 0 saturated heterocycles. The van der Waals surface area contributed by atoms with Crippen molar-refractivity contribution in [1.82, 2.24) is 0 Å². The van der Waals surface area contributed by atoms with E-state index in [2.05, 4.69) is 90.1 Å². The quantitative estimate of drug-likeness (QED) is 0.0771. The molecule has 0 amide bonds. The molecule has 0 atom stereocenters. The number of hydrogen-bond acceptors (Lipinski definition) is 2. The summed E-state index contributed by atoms with van der Waals surface area (Å²) in [5.41, 5.74) is 21.7. The summed E-state index contributed by atoms with van der Waals surface area (Å²) in [5.74, 6) is 0. The minimum Gasteiger partial charge on any atom is -0.493 e. The first-order chi connectivity index (χ1) is 23.0. The van der Waals surface area contributed by atoms with Crippen LogP contribution < -0.4 is 0 Å². The number of rotatable bonds is 21. The van der Waals surface area contributed by atoms with Gasteiger partial charge in [-0.3, -0.25) is 0 Å². The van der Waals surface area contributed by atoms with Gasteiger partial charge in [-0.15, -0.1) is 0 Å². The normalized spacial score (nSPS) is 12.4. The predicted octanol–water partition coefficient (Wildman–Crippen LogP) is 12.6. The molecule has 0 unspecified atom stereocenters. The van der Waals surface area contributed by atoms with Crippen LogP contribution in [0.15, 0.2) is 59.7 Å². The third-order valence-electron chi connectivity index (χ3n) is 8.73. The van der Waals surface area contributed by atoms with Gasteiger partial charge in [-0.2, -0.15) is 0 Å². The molecule has 0 fully saturated rings. The van der Waals surface area contributed by atoms with Crippen molar-refractivity contribution in [2.75, 3.05) is 13.2 Å². The summed E-state index contributed by atoms with van der Waals surface area (Å²) >= 11 is 0. The van der Waals surface area contributed by atoms with Crippen molar-refractivity contribution < 1.29 is 31.4 Å². The fourth-order valence-electron chi connectivity index (χ4n) is 5.89. The Kier molecular flexibility index (Phi) is 28.5. The number of aliphatic hydroxyl groups excluding tert-OH is 2. The van der Waals surface area contributed by atoms with Crippen molar-refractivity contribution in [1.29, 1.82) is 0 Å². The first-order valence-electron chi connectivity index (χ1n) is 19.3. The Bertz CT molecular complexity index is 1180. The van der Waals surface area contributed by atoms with Crippen LogP contribution in [0, 0.1) is 0 Å². The third kappa shape index (κ3) is 17.0. The molecule has 0 radical (unpaired) electrons. The fraction of sp³-hybridized carbons (Fsp3) is 0.628. The molecule has 1 aliphatic heterocycles. The Morgan fingerprint density at radius 1 is 0.479 bits per heavy atom. The van der Waals surface area contributed by atoms with E-state index in [0.717, 1.165) is 86.7 Å². The van der Waals surface area contributed by atoms with Gasteiger partial charge in [0.2, 0.25) is 11.4 Å². The van der Waals surface area contributed by atoms with Gasteiger partial charge in [0.15, 0.2) is 0 Å². The molecule has 0 aliphatic carbocycles. The molecule has 1 heterocycles. The maximum Gasteiger partial charge on any atom is 0.211 e. The van der Waals surface area contributed by atoms with E-state index in [4.69, 9.17) is 10.2 Å². The van der Waals surface area contributed by atoms with Gasteiger partial charge in [0, 0.05) is 52.0 Å². The van der Waals surface area contributed by atoms with Crippen molar-refractivity contribution in [2.24, 2.45) is 0 Å². The summed E-state index contributed by atoms with van der Waals surface area (Å²) < 4.78 is 1.56. The van der Waals surface area contributed by atoms with Crippen LogP contribution in [0.3, 0.4) is 0 Å². The Morgan fingerprint density at radius 2 is 0.854 bits per heavy atom. The van der Waals surface area contributed by atoms with Crippen LogP contribution in [0.4, 0.5) is 0 Å². The number of nitrogens with zero attached hydrogens (tertiary/aromatic N) is 2. The van der Waals surface area contributed by atoms with E-state index < -0.39 is 0 Å². The van der Waals surface area contributed by atoms with Gasteiger partial charge >= 0.3 is 0 Å². The molecular formula is C43H70N2NiO2. The second kappa shape index (κ2) is 29.8. The molecule has 5 heteroatoms. The Balaban J connectivity index is 0.00000175. The number of unbranched alkanes of at least 4 members (excludes halogenated alkanes) is 9. The SMILES string of the molecule is CCCCCCc1cccc(C2=C(CCCC)C(CCCCC)=C(c3cccc(CCCC)c3)[N+]2=[N-])c1.CCCCO.CCCCO.[Ni]. The summed E-state index contributed by atoms with van der Waals surface area (Å²) in [6, 6.07) is 17.9. The van der Waals surface area contributed by atoms with Crippen molar-refractivity contribution in [2.45, 2.75) is 164 Å². The van der Waals surface area contributed by atoms with Crippen molar-refractivity contribution in [3.63, 3.8) is 0 Å². The Morgan fingerprint density at radius 3 is 1.27 bits per heavy atom. The zero-order valence-corrected chi connectivity index (χ0v) is 32.6. The van der Waals surface area contributed by atoms with Crippen molar-refractivity contribution in [3.05, 3.63) is 87.5 Å². The monoisotopic (exact) mass is 704 g/mol. The van der Waals surface area contributed by atoms with Gasteiger partial charge in [-0.25, -0.2) is 4.70 Å². The predicted molar refractivity (Wildman–Crippen MR) is 204 cm³/mol. The summed E-state index contributed by atoms with van der Waals surface area (Å²) in [6.07, 6.45) is 21.7. The smallest absolute Gasteiger partial charge is 0.211 e. The molecular weight excluding hydrogens is 635 g/mol. The van der Waals surface area contributed by atoms with Crippen LogP contribution >= 0.6 is 0 Å². The van der Waals surface area contributed by atoms with Crippen LogP contribution in [0.2, 0.25) is 0 Å². The molecule has 2 N–H and O–H groups in total. The molecule has 0 spiro atoms. The molecule has 0 aromatic heterocycles. The third-order valence-corrected chi connectivity index (χ3v) is 8.73. The number of aryl methyl sites for hydroxylation is 2. The van der Waals surface area contributed by atoms with E-state index in [1.165, 1.54) is 80.1 Å². The average molecular weight is 706 g/mol. The minimum absolute atomic E-state index is 0. The van der Waals surface area contributed by atoms with Gasteiger partial charge in [0.1, 0.15) is 0 Å². The average Bonchev–Trinajstić information content (AvgIpc) is 3.36. The summed E-state index contributed by atoms with van der Waals surface area (Å²) in [5, 5.41) is 16.1. The van der Waals surface area contributed by atoms with E-state index in [1.807, 2.05) is 0 Å². The topological polar surface area (TPSA) is 65.8 Å². The molecule has 3 rings (SSSR count). The number of benzene rings is 2. The molecule has 4 nitrogen and oxygen atoms in total. The van der Waals surface area contributed by atoms with E-state index in [-0.39, 0.29) is 16.5 Å². The molecule has 48 heavy (non-hydrogen) atoms. The summed E-state index contributed by atoms with van der Waals surface area (Å²) in [7, 11) is 0. The van der Waals surface area contributed by atoms with Crippen molar-refractivity contribution in [3.8, 4) is 0 Å². The summed E-state index contributed by atoms with van der Waals surface area (Å²) in [6.45, 7) is 13.8. The second-order valence-corrected chi connectivity index (χ2v) is 13.0. The molecule has 2 aromatic rings. The largest absolute Gasteiger partial charge is 0.493 e. The van der Waals surface area contributed by atoms with E-state index >= 15 is 0 Å². The molecule has 0 bridgehead atoms. The zero-order chi connectivity index (χ0) is 34.7. The van der Waals surface area contributed by atoms with E-state index in [9.17, 15) is 5.53 Å². The van der Waals surface area contributed by atoms with Crippen LogP contribution in [0.1, 0.15) is 173 Å². The van der Waals surface area contributed by atoms with Crippen LogP contribution in [-0.4, -0.2) is 28.1 Å². The standard InChI is InChI=1S/C35H50N2.2C4H10O.Ni/c1-5-9-13-15-19-29-21-17-23-31(27-29)34-32(24-12-8-4)33(25-14-10-6-2)35(37(34)36)30-22-16-20-28(26-30)18-11-7-3;2*1-2-3-4-5;/h16-17,20-23,26-27H,5-15,18-19,24-25H2,1-4H3;2*5H,2-4H2,1H3;. The van der Waals surface area contributed by atoms with Gasteiger partial charge in [-0.05, 0) is 99.6 Å². The molecule has 274 valence electrons. The Hall–Kier alpha value is -2.07. The number of allylic oxidation sites excluding steroid dienone is 2. The maximum atomic E-state index is 11.9. The molecule has 1 aliphatic rings. The van der Waals surface area contributed by atoms with Gasteiger partial charge in [0.25, 0.3) is 0 Å². The zero-order valence-electron chi connectivity index (χ0n) is 31.6. The minimum atomic E-state index is 0. The molecule has 0 saturated carbocycles. The van der Waals surface area contributed by atoms with E-state index in [0.29, 0.717) is 13.2 Å². The number of hydrogen-bond donors (Lipinski definition) is 2. The van der Waals surface area contributed by atoms with Crippen molar-refractivity contribution >= 4 is 11.4 Å². The van der Waals surface area contributed by atoms with E-state index in [1.54, 1.807) is 4.70 Å². The molecule has 2 aromatic carbocycles. The fourth-order valence-corrected chi connectivity index (χ4v) is 5.89.